The fraction of sp³-hybridized carbons (Fsp3) is 0.421. The molecule has 1 amide bonds. The van der Waals surface area contributed by atoms with Gasteiger partial charge >= 0.3 is 0 Å². The molecule has 0 aromatic heterocycles. The van der Waals surface area contributed by atoms with Crippen molar-refractivity contribution in [1.29, 1.82) is 0 Å². The SMILES string of the molecule is O=C(CO)N1CCC2=C(C1)c1c(C3=CCCCO3)cc(Cl)c(Cl)c1C2. The summed E-state index contributed by atoms with van der Waals surface area (Å²) in [4.78, 5) is 13.6. The normalized spacial score (nSPS) is 19.3. The van der Waals surface area contributed by atoms with Gasteiger partial charge in [-0.25, -0.2) is 0 Å². The van der Waals surface area contributed by atoms with Gasteiger partial charge in [0.05, 0.1) is 16.7 Å². The second-order valence-corrected chi connectivity index (χ2v) is 7.40. The van der Waals surface area contributed by atoms with E-state index >= 15 is 0 Å². The number of amides is 1. The van der Waals surface area contributed by atoms with E-state index in [4.69, 9.17) is 27.9 Å². The Morgan fingerprint density at radius 2 is 2.20 bits per heavy atom. The topological polar surface area (TPSA) is 49.8 Å². The Hall–Kier alpha value is -1.49. The molecule has 1 aliphatic carbocycles. The molecule has 6 heteroatoms. The van der Waals surface area contributed by atoms with E-state index in [0.29, 0.717) is 29.7 Å². The van der Waals surface area contributed by atoms with E-state index in [9.17, 15) is 9.90 Å². The number of halogens is 2. The van der Waals surface area contributed by atoms with Gasteiger partial charge in [-0.3, -0.25) is 4.79 Å². The summed E-state index contributed by atoms with van der Waals surface area (Å²) in [6, 6.07) is 1.88. The van der Waals surface area contributed by atoms with E-state index < -0.39 is 6.61 Å². The number of carbonyl (C=O) groups excluding carboxylic acids is 1. The number of hydrogen-bond acceptors (Lipinski definition) is 3. The number of allylic oxidation sites excluding steroid dienone is 1. The zero-order chi connectivity index (χ0) is 17.6. The van der Waals surface area contributed by atoms with Crippen LogP contribution in [0.2, 0.25) is 10.0 Å². The van der Waals surface area contributed by atoms with Gasteiger partial charge in [0.25, 0.3) is 0 Å². The number of hydrogen-bond donors (Lipinski definition) is 1. The maximum Gasteiger partial charge on any atom is 0.248 e. The van der Waals surface area contributed by atoms with Crippen LogP contribution in [0.5, 0.6) is 0 Å². The molecule has 132 valence electrons. The van der Waals surface area contributed by atoms with E-state index in [1.54, 1.807) is 4.90 Å². The molecule has 0 saturated carbocycles. The second-order valence-electron chi connectivity index (χ2n) is 6.61. The second kappa shape index (κ2) is 6.67. The smallest absolute Gasteiger partial charge is 0.248 e. The molecular weight excluding hydrogens is 361 g/mol. The van der Waals surface area contributed by atoms with Crippen molar-refractivity contribution < 1.29 is 14.6 Å². The molecule has 2 heterocycles. The van der Waals surface area contributed by atoms with Crippen LogP contribution in [0.3, 0.4) is 0 Å². The predicted molar refractivity (Wildman–Crippen MR) is 98.5 cm³/mol. The van der Waals surface area contributed by atoms with Crippen LogP contribution in [0.25, 0.3) is 11.3 Å². The highest BCUT2D eigenvalue weighted by atomic mass is 35.5. The molecule has 25 heavy (non-hydrogen) atoms. The molecule has 1 N–H and O–H groups in total. The third kappa shape index (κ3) is 2.86. The summed E-state index contributed by atoms with van der Waals surface area (Å²) in [5.41, 5.74) is 5.49. The van der Waals surface area contributed by atoms with Crippen LogP contribution in [-0.4, -0.2) is 42.2 Å². The first-order valence-electron chi connectivity index (χ1n) is 8.54. The van der Waals surface area contributed by atoms with E-state index in [0.717, 1.165) is 53.7 Å². The fourth-order valence-corrected chi connectivity index (χ4v) is 4.35. The van der Waals surface area contributed by atoms with Crippen molar-refractivity contribution in [3.05, 3.63) is 44.5 Å². The van der Waals surface area contributed by atoms with Crippen molar-refractivity contribution in [2.45, 2.75) is 25.7 Å². The molecular formula is C19H19Cl2NO3. The summed E-state index contributed by atoms with van der Waals surface area (Å²) in [6.45, 7) is 1.37. The predicted octanol–water partition coefficient (Wildman–Crippen LogP) is 3.68. The first-order valence-corrected chi connectivity index (χ1v) is 9.30. The first-order chi connectivity index (χ1) is 12.1. The Morgan fingerprint density at radius 1 is 1.36 bits per heavy atom. The van der Waals surface area contributed by atoms with Crippen LogP contribution in [-0.2, 0) is 16.0 Å². The van der Waals surface area contributed by atoms with Crippen LogP contribution >= 0.6 is 23.2 Å². The van der Waals surface area contributed by atoms with Gasteiger partial charge in [-0.2, -0.15) is 0 Å². The minimum Gasteiger partial charge on any atom is -0.493 e. The van der Waals surface area contributed by atoms with Crippen molar-refractivity contribution in [3.63, 3.8) is 0 Å². The quantitative estimate of drug-likeness (QED) is 0.852. The number of rotatable bonds is 2. The first kappa shape index (κ1) is 17.0. The molecule has 1 aromatic carbocycles. The number of aliphatic hydroxyl groups is 1. The van der Waals surface area contributed by atoms with Crippen LogP contribution in [0.1, 0.15) is 36.0 Å². The largest absolute Gasteiger partial charge is 0.493 e. The Balaban J connectivity index is 1.82. The molecule has 1 aromatic rings. The Morgan fingerprint density at radius 3 is 2.92 bits per heavy atom. The molecule has 0 spiro atoms. The molecule has 0 unspecified atom stereocenters. The highest BCUT2D eigenvalue weighted by Crippen LogP contribution is 2.47. The maximum atomic E-state index is 11.9. The molecule has 2 aliphatic heterocycles. The van der Waals surface area contributed by atoms with Crippen molar-refractivity contribution >= 4 is 40.4 Å². The van der Waals surface area contributed by atoms with Gasteiger partial charge in [0.15, 0.2) is 0 Å². The molecule has 4 rings (SSSR count). The Labute approximate surface area is 156 Å². The zero-order valence-electron chi connectivity index (χ0n) is 13.8. The molecule has 0 atom stereocenters. The Bertz CT molecular complexity index is 813. The van der Waals surface area contributed by atoms with Gasteiger partial charge in [-0.15, -0.1) is 0 Å². The minimum absolute atomic E-state index is 0.241. The minimum atomic E-state index is -0.460. The average Bonchev–Trinajstić information content (AvgIpc) is 3.03. The number of carbonyl (C=O) groups is 1. The summed E-state index contributed by atoms with van der Waals surface area (Å²) < 4.78 is 5.88. The van der Waals surface area contributed by atoms with E-state index in [1.807, 2.05) is 6.07 Å². The number of nitrogens with zero attached hydrogens (tertiary/aromatic N) is 1. The van der Waals surface area contributed by atoms with Crippen LogP contribution in [0.4, 0.5) is 0 Å². The number of benzene rings is 1. The molecule has 0 bridgehead atoms. The monoisotopic (exact) mass is 379 g/mol. The van der Waals surface area contributed by atoms with E-state index in [-0.39, 0.29) is 5.91 Å². The summed E-state index contributed by atoms with van der Waals surface area (Å²) >= 11 is 12.9. The third-order valence-corrected chi connectivity index (χ3v) is 5.98. The van der Waals surface area contributed by atoms with Crippen LogP contribution < -0.4 is 0 Å². The maximum absolute atomic E-state index is 11.9. The van der Waals surface area contributed by atoms with Crippen molar-refractivity contribution in [2.75, 3.05) is 26.3 Å². The molecule has 3 aliphatic rings. The van der Waals surface area contributed by atoms with Gasteiger partial charge in [-0.05, 0) is 54.5 Å². The highest BCUT2D eigenvalue weighted by molar-refractivity contribution is 6.43. The Kier molecular flexibility index (Phi) is 4.52. The molecule has 0 radical (unpaired) electrons. The van der Waals surface area contributed by atoms with Crippen molar-refractivity contribution in [3.8, 4) is 0 Å². The molecule has 0 fully saturated rings. The lowest BCUT2D eigenvalue weighted by atomic mass is 9.94. The van der Waals surface area contributed by atoms with Gasteiger partial charge < -0.3 is 14.7 Å². The van der Waals surface area contributed by atoms with E-state index in [2.05, 4.69) is 6.08 Å². The fourth-order valence-electron chi connectivity index (χ4n) is 3.91. The van der Waals surface area contributed by atoms with Gasteiger partial charge in [-0.1, -0.05) is 28.8 Å². The number of aliphatic hydroxyl groups excluding tert-OH is 1. The summed E-state index contributed by atoms with van der Waals surface area (Å²) in [5.74, 6) is 0.607. The van der Waals surface area contributed by atoms with Crippen LogP contribution in [0.15, 0.2) is 17.7 Å². The summed E-state index contributed by atoms with van der Waals surface area (Å²) in [6.07, 6.45) is 5.65. The third-order valence-electron chi connectivity index (χ3n) is 5.16. The van der Waals surface area contributed by atoms with Gasteiger partial charge in [0.1, 0.15) is 12.4 Å². The standard InChI is InChI=1S/C19H19Cl2NO3/c20-15-8-12(16-3-1-2-6-25-16)18-13(19(15)21)7-11-4-5-22(9-14(11)18)17(24)10-23/h3,8,23H,1-2,4-7,9-10H2. The van der Waals surface area contributed by atoms with Gasteiger partial charge in [0, 0.05) is 18.7 Å². The highest BCUT2D eigenvalue weighted by Gasteiger charge is 2.33. The number of fused-ring (bicyclic) bond motifs is 2. The van der Waals surface area contributed by atoms with E-state index in [1.165, 1.54) is 5.57 Å². The lowest BCUT2D eigenvalue weighted by molar-refractivity contribution is -0.133. The summed E-state index contributed by atoms with van der Waals surface area (Å²) in [7, 11) is 0. The lowest BCUT2D eigenvalue weighted by Gasteiger charge is -2.29. The van der Waals surface area contributed by atoms with Crippen molar-refractivity contribution in [2.24, 2.45) is 0 Å². The number of ether oxygens (including phenoxy) is 1. The lowest BCUT2D eigenvalue weighted by Crippen LogP contribution is -2.37. The average molecular weight is 380 g/mol. The van der Waals surface area contributed by atoms with Crippen molar-refractivity contribution in [1.82, 2.24) is 4.90 Å². The summed E-state index contributed by atoms with van der Waals surface area (Å²) in [5, 5.41) is 10.3. The molecule has 0 saturated heterocycles. The van der Waals surface area contributed by atoms with Gasteiger partial charge in [0.2, 0.25) is 5.91 Å². The zero-order valence-corrected chi connectivity index (χ0v) is 15.3. The van der Waals surface area contributed by atoms with Crippen LogP contribution in [0, 0.1) is 0 Å². The molecule has 4 nitrogen and oxygen atoms in total.